The fraction of sp³-hybridized carbons (Fsp3) is 0.176. The molecule has 0 fully saturated rings. The number of nitrogens with two attached hydrogens (primary N) is 1. The van der Waals surface area contributed by atoms with Crippen molar-refractivity contribution in [2.75, 3.05) is 10.6 Å². The van der Waals surface area contributed by atoms with E-state index in [-0.39, 0.29) is 5.91 Å². The Kier molecular flexibility index (Phi) is 5.39. The molecule has 2 amide bonds. The van der Waals surface area contributed by atoms with E-state index in [1.165, 1.54) is 0 Å². The summed E-state index contributed by atoms with van der Waals surface area (Å²) in [5.41, 5.74) is 8.16. The molecule has 0 spiro atoms. The summed E-state index contributed by atoms with van der Waals surface area (Å²) in [5.74, 6) is -0.666. The van der Waals surface area contributed by atoms with Crippen molar-refractivity contribution < 1.29 is 9.59 Å². The minimum atomic E-state index is -0.497. The van der Waals surface area contributed by atoms with Crippen molar-refractivity contribution in [3.05, 3.63) is 58.1 Å². The van der Waals surface area contributed by atoms with Crippen LogP contribution in [0, 0.1) is 6.92 Å². The molecule has 120 valence electrons. The molecule has 0 saturated heterocycles. The van der Waals surface area contributed by atoms with Crippen molar-refractivity contribution in [2.45, 2.75) is 19.9 Å². The smallest absolute Gasteiger partial charge is 0.248 e. The van der Waals surface area contributed by atoms with Gasteiger partial charge in [-0.3, -0.25) is 9.59 Å². The molecule has 0 aliphatic heterocycles. The fourth-order valence-corrected chi connectivity index (χ4v) is 2.26. The first-order valence-corrected chi connectivity index (χ1v) is 7.89. The van der Waals surface area contributed by atoms with Crippen LogP contribution in [0.5, 0.6) is 0 Å². The van der Waals surface area contributed by atoms with E-state index in [0.717, 1.165) is 15.7 Å². The van der Waals surface area contributed by atoms with Crippen LogP contribution in [-0.4, -0.2) is 17.9 Å². The third-order valence-electron chi connectivity index (χ3n) is 3.37. The van der Waals surface area contributed by atoms with Gasteiger partial charge in [0.2, 0.25) is 11.8 Å². The summed E-state index contributed by atoms with van der Waals surface area (Å²) in [7, 11) is 0. The zero-order valence-corrected chi connectivity index (χ0v) is 14.5. The number of primary amides is 1. The molecule has 0 heterocycles. The minimum absolute atomic E-state index is 0.169. The summed E-state index contributed by atoms with van der Waals surface area (Å²) < 4.78 is 1.02. The lowest BCUT2D eigenvalue weighted by Crippen LogP contribution is -2.31. The molecular formula is C17H18BrN3O2. The monoisotopic (exact) mass is 375 g/mol. The maximum atomic E-state index is 12.2. The molecule has 0 aliphatic rings. The number of carbonyl (C=O) groups excluding carboxylic acids is 2. The number of carbonyl (C=O) groups is 2. The van der Waals surface area contributed by atoms with Crippen molar-refractivity contribution in [3.8, 4) is 0 Å². The van der Waals surface area contributed by atoms with E-state index in [9.17, 15) is 9.59 Å². The first-order valence-electron chi connectivity index (χ1n) is 7.10. The lowest BCUT2D eigenvalue weighted by molar-refractivity contribution is -0.116. The molecule has 0 saturated carbocycles. The topological polar surface area (TPSA) is 84.2 Å². The Morgan fingerprint density at radius 1 is 1.09 bits per heavy atom. The highest BCUT2D eigenvalue weighted by atomic mass is 79.9. The summed E-state index contributed by atoms with van der Waals surface area (Å²) in [6.07, 6.45) is 0. The highest BCUT2D eigenvalue weighted by molar-refractivity contribution is 9.10. The highest BCUT2D eigenvalue weighted by Crippen LogP contribution is 2.20. The quantitative estimate of drug-likeness (QED) is 0.749. The third kappa shape index (κ3) is 4.56. The van der Waals surface area contributed by atoms with Gasteiger partial charge in [-0.05, 0) is 61.9 Å². The van der Waals surface area contributed by atoms with Gasteiger partial charge < -0.3 is 16.4 Å². The number of hydrogen-bond acceptors (Lipinski definition) is 3. The van der Waals surface area contributed by atoms with Crippen LogP contribution in [0.3, 0.4) is 0 Å². The van der Waals surface area contributed by atoms with E-state index >= 15 is 0 Å². The van der Waals surface area contributed by atoms with E-state index in [1.54, 1.807) is 31.2 Å². The van der Waals surface area contributed by atoms with Crippen molar-refractivity contribution >= 4 is 39.1 Å². The summed E-state index contributed by atoms with van der Waals surface area (Å²) in [6, 6.07) is 11.8. The summed E-state index contributed by atoms with van der Waals surface area (Å²) in [4.78, 5) is 23.2. The molecule has 1 atom stereocenters. The average Bonchev–Trinajstić information content (AvgIpc) is 2.51. The van der Waals surface area contributed by atoms with Gasteiger partial charge in [0.1, 0.15) is 6.04 Å². The van der Waals surface area contributed by atoms with Crippen LogP contribution >= 0.6 is 15.9 Å². The van der Waals surface area contributed by atoms with Gasteiger partial charge in [-0.1, -0.05) is 15.9 Å². The number of rotatable bonds is 5. The Morgan fingerprint density at radius 3 is 2.26 bits per heavy atom. The van der Waals surface area contributed by atoms with Gasteiger partial charge in [0.15, 0.2) is 0 Å². The molecule has 2 aromatic carbocycles. The maximum Gasteiger partial charge on any atom is 0.248 e. The van der Waals surface area contributed by atoms with Gasteiger partial charge in [0, 0.05) is 21.4 Å². The highest BCUT2D eigenvalue weighted by Gasteiger charge is 2.13. The Bertz CT molecular complexity index is 729. The molecule has 5 nitrogen and oxygen atoms in total. The number of halogens is 1. The summed E-state index contributed by atoms with van der Waals surface area (Å²) in [6.45, 7) is 3.77. The second-order valence-corrected chi connectivity index (χ2v) is 6.12. The van der Waals surface area contributed by atoms with Gasteiger partial charge in [0.25, 0.3) is 0 Å². The van der Waals surface area contributed by atoms with Crippen LogP contribution in [0.25, 0.3) is 0 Å². The summed E-state index contributed by atoms with van der Waals surface area (Å²) >= 11 is 3.44. The van der Waals surface area contributed by atoms with Gasteiger partial charge in [-0.25, -0.2) is 0 Å². The lowest BCUT2D eigenvalue weighted by atomic mass is 10.2. The van der Waals surface area contributed by atoms with Crippen LogP contribution in [0.1, 0.15) is 22.8 Å². The average molecular weight is 376 g/mol. The largest absolute Gasteiger partial charge is 0.374 e. The molecule has 0 aromatic heterocycles. The zero-order chi connectivity index (χ0) is 17.0. The van der Waals surface area contributed by atoms with Crippen LogP contribution < -0.4 is 16.4 Å². The predicted molar refractivity (Wildman–Crippen MR) is 95.6 cm³/mol. The molecule has 2 rings (SSSR count). The van der Waals surface area contributed by atoms with Crippen LogP contribution in [0.15, 0.2) is 46.9 Å². The number of benzene rings is 2. The van der Waals surface area contributed by atoms with Crippen LogP contribution in [0.4, 0.5) is 11.4 Å². The normalized spacial score (nSPS) is 11.6. The van der Waals surface area contributed by atoms with Crippen molar-refractivity contribution in [2.24, 2.45) is 5.73 Å². The van der Waals surface area contributed by atoms with Crippen LogP contribution in [0.2, 0.25) is 0 Å². The van der Waals surface area contributed by atoms with E-state index in [2.05, 4.69) is 26.6 Å². The zero-order valence-electron chi connectivity index (χ0n) is 12.9. The second kappa shape index (κ2) is 7.28. The van der Waals surface area contributed by atoms with Gasteiger partial charge >= 0.3 is 0 Å². The molecule has 0 radical (unpaired) electrons. The Balaban J connectivity index is 1.99. The van der Waals surface area contributed by atoms with E-state index in [0.29, 0.717) is 11.3 Å². The Labute approximate surface area is 143 Å². The number of hydrogen-bond donors (Lipinski definition) is 3. The SMILES string of the molecule is Cc1cc(N[C@@H](C)C(=O)Nc2ccc(C(N)=O)cc2)ccc1Br. The minimum Gasteiger partial charge on any atom is -0.374 e. The molecule has 0 aliphatic carbocycles. The molecule has 0 bridgehead atoms. The van der Waals surface area contributed by atoms with Gasteiger partial charge in [0.05, 0.1) is 0 Å². The molecule has 6 heteroatoms. The molecule has 23 heavy (non-hydrogen) atoms. The molecule has 2 aromatic rings. The first-order chi connectivity index (χ1) is 10.9. The van der Waals surface area contributed by atoms with Crippen molar-refractivity contribution in [1.82, 2.24) is 0 Å². The molecule has 0 unspecified atom stereocenters. The second-order valence-electron chi connectivity index (χ2n) is 5.26. The molecular weight excluding hydrogens is 358 g/mol. The fourth-order valence-electron chi connectivity index (χ4n) is 2.02. The predicted octanol–water partition coefficient (Wildman–Crippen LogP) is 3.30. The number of amides is 2. The standard InChI is InChI=1S/C17H18BrN3O2/c1-10-9-14(7-8-15(10)18)20-11(2)17(23)21-13-5-3-12(4-6-13)16(19)22/h3-9,11,20H,1-2H3,(H2,19,22)(H,21,23)/t11-/m0/s1. The number of nitrogens with one attached hydrogen (secondary N) is 2. The summed E-state index contributed by atoms with van der Waals surface area (Å²) in [5, 5.41) is 5.94. The molecule has 4 N–H and O–H groups in total. The van der Waals surface area contributed by atoms with Crippen LogP contribution in [-0.2, 0) is 4.79 Å². The van der Waals surface area contributed by atoms with E-state index in [4.69, 9.17) is 5.73 Å². The van der Waals surface area contributed by atoms with Crippen molar-refractivity contribution in [3.63, 3.8) is 0 Å². The first kappa shape index (κ1) is 17.0. The third-order valence-corrected chi connectivity index (χ3v) is 4.26. The van der Waals surface area contributed by atoms with Crippen molar-refractivity contribution in [1.29, 1.82) is 0 Å². The van der Waals surface area contributed by atoms with Gasteiger partial charge in [-0.15, -0.1) is 0 Å². The lowest BCUT2D eigenvalue weighted by Gasteiger charge is -2.16. The number of aryl methyl sites for hydroxylation is 1. The Morgan fingerprint density at radius 2 is 1.70 bits per heavy atom. The maximum absolute atomic E-state index is 12.2. The van der Waals surface area contributed by atoms with E-state index in [1.807, 2.05) is 25.1 Å². The van der Waals surface area contributed by atoms with Gasteiger partial charge in [-0.2, -0.15) is 0 Å². The number of anilines is 2. The Hall–Kier alpha value is -2.34. The van der Waals surface area contributed by atoms with E-state index < -0.39 is 11.9 Å².